The first-order chi connectivity index (χ1) is 9.77. The molecule has 114 valence electrons. The molecule has 1 aromatic rings. The molecule has 21 heavy (non-hydrogen) atoms. The van der Waals surface area contributed by atoms with Crippen LogP contribution in [0, 0.1) is 16.7 Å². The lowest BCUT2D eigenvalue weighted by molar-refractivity contribution is -0.0975. The molecule has 2 unspecified atom stereocenters. The highest BCUT2D eigenvalue weighted by molar-refractivity contribution is 6.31. The summed E-state index contributed by atoms with van der Waals surface area (Å²) in [4.78, 5) is 12.2. The van der Waals surface area contributed by atoms with Crippen molar-refractivity contribution in [1.82, 2.24) is 15.0 Å². The predicted molar refractivity (Wildman–Crippen MR) is 83.6 cm³/mol. The summed E-state index contributed by atoms with van der Waals surface area (Å²) in [6.07, 6.45) is 7.66. The molecule has 0 spiro atoms. The Morgan fingerprint density at radius 3 is 2.00 bits per heavy atom. The Kier molecular flexibility index (Phi) is 2.82. The minimum Gasteiger partial charge on any atom is -0.349 e. The first-order valence-electron chi connectivity index (χ1n) is 7.63. The Balaban J connectivity index is 1.68. The summed E-state index contributed by atoms with van der Waals surface area (Å²) in [5, 5.41) is 3.89. The van der Waals surface area contributed by atoms with Gasteiger partial charge in [-0.2, -0.15) is 15.0 Å². The maximum atomic E-state index is 5.90. The van der Waals surface area contributed by atoms with Gasteiger partial charge < -0.3 is 5.32 Å². The van der Waals surface area contributed by atoms with Crippen molar-refractivity contribution < 1.29 is 0 Å². The lowest BCUT2D eigenvalue weighted by Crippen LogP contribution is -2.61. The molecular weight excluding hydrogens is 307 g/mol. The Morgan fingerprint density at radius 1 is 0.905 bits per heavy atom. The van der Waals surface area contributed by atoms with E-state index in [1.807, 2.05) is 0 Å². The van der Waals surface area contributed by atoms with Gasteiger partial charge >= 0.3 is 0 Å². The summed E-state index contributed by atoms with van der Waals surface area (Å²) >= 11 is 11.8. The third kappa shape index (κ3) is 2.40. The summed E-state index contributed by atoms with van der Waals surface area (Å²) in [5.41, 5.74) is 0.987. The van der Waals surface area contributed by atoms with Gasteiger partial charge in [-0.3, -0.25) is 0 Å². The maximum absolute atomic E-state index is 5.90. The quantitative estimate of drug-likeness (QED) is 0.878. The van der Waals surface area contributed by atoms with Gasteiger partial charge in [0.15, 0.2) is 0 Å². The highest BCUT2D eigenvalue weighted by atomic mass is 35.5. The van der Waals surface area contributed by atoms with Gasteiger partial charge in [0.05, 0.1) is 0 Å². The van der Waals surface area contributed by atoms with Gasteiger partial charge in [-0.1, -0.05) is 13.8 Å². The molecule has 5 rings (SSSR count). The Morgan fingerprint density at radius 2 is 1.48 bits per heavy atom. The van der Waals surface area contributed by atoms with Crippen molar-refractivity contribution in [2.24, 2.45) is 16.7 Å². The summed E-state index contributed by atoms with van der Waals surface area (Å²) in [5.74, 6) is 1.34. The van der Waals surface area contributed by atoms with Crippen LogP contribution in [0.5, 0.6) is 0 Å². The first-order valence-corrected chi connectivity index (χ1v) is 8.38. The number of hydrogen-bond donors (Lipinski definition) is 1. The van der Waals surface area contributed by atoms with Crippen LogP contribution < -0.4 is 5.32 Å². The average molecular weight is 327 g/mol. The van der Waals surface area contributed by atoms with Crippen molar-refractivity contribution in [3.05, 3.63) is 10.6 Å². The van der Waals surface area contributed by atoms with Crippen LogP contribution in [0.4, 0.5) is 5.95 Å². The lowest BCUT2D eigenvalue weighted by atomic mass is 9.43. The van der Waals surface area contributed by atoms with Crippen LogP contribution in [0.3, 0.4) is 0 Å². The molecule has 1 heterocycles. The molecule has 4 fully saturated rings. The van der Waals surface area contributed by atoms with Crippen LogP contribution in [-0.2, 0) is 0 Å². The summed E-state index contributed by atoms with van der Waals surface area (Å²) in [6.45, 7) is 4.89. The predicted octanol–water partition coefficient (Wildman–Crippen LogP) is 4.34. The van der Waals surface area contributed by atoms with Crippen LogP contribution in [0.1, 0.15) is 52.4 Å². The Hall–Kier alpha value is -0.610. The standard InChI is InChI=1S/C15H20Cl2N4/c1-13-3-9-4-14(2,6-13)8-15(5-9,7-13)21-12-19-10(16)18-11(17)20-12/h9H,3-8H2,1-2H3,(H,18,19,20,21). The largest absolute Gasteiger partial charge is 0.349 e. The van der Waals surface area contributed by atoms with Gasteiger partial charge in [0, 0.05) is 5.54 Å². The molecule has 4 bridgehead atoms. The van der Waals surface area contributed by atoms with Gasteiger partial charge in [-0.25, -0.2) is 0 Å². The van der Waals surface area contributed by atoms with E-state index in [-0.39, 0.29) is 16.1 Å². The molecule has 1 aromatic heterocycles. The van der Waals surface area contributed by atoms with E-state index < -0.39 is 0 Å². The highest BCUT2D eigenvalue weighted by Gasteiger charge is 2.60. The van der Waals surface area contributed by atoms with Crippen molar-refractivity contribution in [3.63, 3.8) is 0 Å². The molecule has 4 aliphatic carbocycles. The van der Waals surface area contributed by atoms with E-state index >= 15 is 0 Å². The monoisotopic (exact) mass is 326 g/mol. The van der Waals surface area contributed by atoms with Gasteiger partial charge in [0.2, 0.25) is 16.5 Å². The van der Waals surface area contributed by atoms with Gasteiger partial charge in [0.1, 0.15) is 0 Å². The van der Waals surface area contributed by atoms with E-state index in [1.165, 1.54) is 38.5 Å². The molecule has 1 N–H and O–H groups in total. The van der Waals surface area contributed by atoms with E-state index in [0.29, 0.717) is 16.8 Å². The second-order valence-electron chi connectivity index (χ2n) is 8.23. The fourth-order valence-corrected chi connectivity index (χ4v) is 6.57. The Labute approximate surface area is 135 Å². The van der Waals surface area contributed by atoms with Gasteiger partial charge in [-0.05, 0) is 78.5 Å². The zero-order valence-corrected chi connectivity index (χ0v) is 13.9. The molecule has 0 aliphatic heterocycles. The molecule has 0 radical (unpaired) electrons. The molecule has 0 amide bonds. The molecular formula is C15H20Cl2N4. The fraction of sp³-hybridized carbons (Fsp3) is 0.800. The second-order valence-corrected chi connectivity index (χ2v) is 8.91. The number of anilines is 1. The van der Waals surface area contributed by atoms with Crippen molar-refractivity contribution >= 4 is 29.2 Å². The molecule has 2 atom stereocenters. The van der Waals surface area contributed by atoms with Gasteiger partial charge in [-0.15, -0.1) is 0 Å². The van der Waals surface area contributed by atoms with E-state index in [2.05, 4.69) is 34.1 Å². The van der Waals surface area contributed by atoms with E-state index in [1.54, 1.807) is 0 Å². The van der Waals surface area contributed by atoms with Crippen LogP contribution in [0.25, 0.3) is 0 Å². The number of nitrogens with zero attached hydrogens (tertiary/aromatic N) is 3. The molecule has 4 aliphatic rings. The minimum atomic E-state index is 0.0942. The molecule has 4 saturated carbocycles. The number of nitrogens with one attached hydrogen (secondary N) is 1. The Bertz CT molecular complexity index is 567. The van der Waals surface area contributed by atoms with Crippen LogP contribution in [-0.4, -0.2) is 20.5 Å². The molecule has 6 heteroatoms. The van der Waals surface area contributed by atoms with Crippen LogP contribution >= 0.6 is 23.2 Å². The zero-order chi connectivity index (χ0) is 14.9. The second kappa shape index (κ2) is 4.23. The van der Waals surface area contributed by atoms with E-state index in [4.69, 9.17) is 23.2 Å². The summed E-state index contributed by atoms with van der Waals surface area (Å²) < 4.78 is 0. The van der Waals surface area contributed by atoms with Crippen molar-refractivity contribution in [3.8, 4) is 0 Å². The fourth-order valence-electron chi connectivity index (χ4n) is 6.21. The highest BCUT2D eigenvalue weighted by Crippen LogP contribution is 2.66. The van der Waals surface area contributed by atoms with Gasteiger partial charge in [0.25, 0.3) is 0 Å². The van der Waals surface area contributed by atoms with Crippen LogP contribution in [0.2, 0.25) is 10.6 Å². The number of halogens is 2. The number of rotatable bonds is 2. The normalized spacial score (nSPS) is 44.1. The summed E-state index contributed by atoms with van der Waals surface area (Å²) in [6, 6.07) is 0. The SMILES string of the molecule is CC12CC3CC(C)(C1)CC(Nc1nc(Cl)nc(Cl)n1)(C3)C2. The molecule has 0 aromatic carbocycles. The first kappa shape index (κ1) is 14.0. The number of hydrogen-bond acceptors (Lipinski definition) is 4. The third-order valence-corrected chi connectivity index (χ3v) is 5.92. The molecule has 4 nitrogen and oxygen atoms in total. The zero-order valence-electron chi connectivity index (χ0n) is 12.4. The van der Waals surface area contributed by atoms with Crippen molar-refractivity contribution in [2.45, 2.75) is 57.9 Å². The van der Waals surface area contributed by atoms with Crippen molar-refractivity contribution in [1.29, 1.82) is 0 Å². The summed E-state index contributed by atoms with van der Waals surface area (Å²) in [7, 11) is 0. The smallest absolute Gasteiger partial charge is 0.228 e. The topological polar surface area (TPSA) is 50.7 Å². The van der Waals surface area contributed by atoms with Crippen LogP contribution in [0.15, 0.2) is 0 Å². The minimum absolute atomic E-state index is 0.0942. The molecule has 0 saturated heterocycles. The van der Waals surface area contributed by atoms with Crippen molar-refractivity contribution in [2.75, 3.05) is 5.32 Å². The lowest BCUT2D eigenvalue weighted by Gasteiger charge is -2.65. The number of aromatic nitrogens is 3. The maximum Gasteiger partial charge on any atom is 0.228 e. The van der Waals surface area contributed by atoms with E-state index in [9.17, 15) is 0 Å². The third-order valence-electron chi connectivity index (χ3n) is 5.58. The average Bonchev–Trinajstić information content (AvgIpc) is 2.19. The van der Waals surface area contributed by atoms with E-state index in [0.717, 1.165) is 5.92 Å².